The minimum atomic E-state index is 0.0654. The van der Waals surface area contributed by atoms with Crippen molar-refractivity contribution in [2.45, 2.75) is 58.8 Å². The fraction of sp³-hybridized carbons (Fsp3) is 0.391. The largest absolute Gasteiger partial charge is 0.436 e. The summed E-state index contributed by atoms with van der Waals surface area (Å²) in [5, 5.41) is 2.94. The van der Waals surface area contributed by atoms with E-state index in [4.69, 9.17) is 4.42 Å². The third-order valence-electron chi connectivity index (χ3n) is 5.02. The van der Waals surface area contributed by atoms with Crippen molar-refractivity contribution in [1.29, 1.82) is 0 Å². The van der Waals surface area contributed by atoms with Crippen LogP contribution in [0.15, 0.2) is 46.9 Å². The number of carbonyl (C=O) groups excluding carboxylic acids is 1. The summed E-state index contributed by atoms with van der Waals surface area (Å²) in [7, 11) is 0. The summed E-state index contributed by atoms with van der Waals surface area (Å²) in [4.78, 5) is 16.6. The van der Waals surface area contributed by atoms with Crippen LogP contribution in [-0.2, 0) is 4.79 Å². The quantitative estimate of drug-likeness (QED) is 0.462. The zero-order chi connectivity index (χ0) is 19.2. The first kappa shape index (κ1) is 19.2. The predicted octanol–water partition coefficient (Wildman–Crippen LogP) is 6.53. The highest BCUT2D eigenvalue weighted by Gasteiger charge is 2.11. The van der Waals surface area contributed by atoms with E-state index in [1.54, 1.807) is 0 Å². The van der Waals surface area contributed by atoms with Crippen molar-refractivity contribution in [1.82, 2.24) is 4.98 Å². The molecule has 2 aromatic carbocycles. The lowest BCUT2D eigenvalue weighted by Crippen LogP contribution is -2.10. The van der Waals surface area contributed by atoms with Crippen molar-refractivity contribution in [3.8, 4) is 11.5 Å². The van der Waals surface area contributed by atoms with Crippen LogP contribution in [-0.4, -0.2) is 10.9 Å². The minimum absolute atomic E-state index is 0.0654. The Morgan fingerprint density at radius 2 is 1.89 bits per heavy atom. The van der Waals surface area contributed by atoms with E-state index in [2.05, 4.69) is 43.2 Å². The van der Waals surface area contributed by atoms with E-state index in [1.807, 2.05) is 30.3 Å². The monoisotopic (exact) mass is 364 g/mol. The molecule has 3 rings (SSSR count). The van der Waals surface area contributed by atoms with Crippen molar-refractivity contribution in [2.75, 3.05) is 5.32 Å². The number of aromatic nitrogens is 1. The van der Waals surface area contributed by atoms with Gasteiger partial charge in [0.25, 0.3) is 0 Å². The molecule has 27 heavy (non-hydrogen) atoms. The van der Waals surface area contributed by atoms with Crippen LogP contribution in [0.5, 0.6) is 0 Å². The van der Waals surface area contributed by atoms with Gasteiger partial charge in [0.15, 0.2) is 5.58 Å². The van der Waals surface area contributed by atoms with Gasteiger partial charge in [0.2, 0.25) is 11.8 Å². The van der Waals surface area contributed by atoms with E-state index in [-0.39, 0.29) is 5.91 Å². The molecule has 0 saturated carbocycles. The van der Waals surface area contributed by atoms with Crippen molar-refractivity contribution < 1.29 is 9.21 Å². The average molecular weight is 364 g/mol. The molecular formula is C23H28N2O2. The van der Waals surface area contributed by atoms with Crippen LogP contribution in [0.2, 0.25) is 0 Å². The van der Waals surface area contributed by atoms with Crippen LogP contribution in [0.4, 0.5) is 5.69 Å². The molecule has 0 aliphatic heterocycles. The number of anilines is 1. The smallest absolute Gasteiger partial charge is 0.227 e. The maximum absolute atomic E-state index is 11.9. The van der Waals surface area contributed by atoms with Gasteiger partial charge in [0.05, 0.1) is 0 Å². The first-order chi connectivity index (χ1) is 13.1. The van der Waals surface area contributed by atoms with E-state index in [0.29, 0.717) is 18.2 Å². The fourth-order valence-corrected chi connectivity index (χ4v) is 3.07. The Morgan fingerprint density at radius 1 is 1.11 bits per heavy atom. The summed E-state index contributed by atoms with van der Waals surface area (Å²) in [5.41, 5.74) is 4.67. The van der Waals surface area contributed by atoms with Gasteiger partial charge in [-0.2, -0.15) is 0 Å². The topological polar surface area (TPSA) is 55.1 Å². The molecule has 3 aromatic rings. The van der Waals surface area contributed by atoms with E-state index < -0.39 is 0 Å². The standard InChI is InChI=1S/C23H28N2O2/c1-4-6-7-8-22(26)24-19-12-9-17(10-13-19)23-25-20-15-18(16(3)5-2)11-14-21(20)27-23/h9-16H,4-8H2,1-3H3,(H,24,26). The Balaban J connectivity index is 1.72. The van der Waals surface area contributed by atoms with Gasteiger partial charge in [-0.15, -0.1) is 0 Å². The molecule has 1 amide bonds. The van der Waals surface area contributed by atoms with E-state index >= 15 is 0 Å². The maximum Gasteiger partial charge on any atom is 0.227 e. The van der Waals surface area contributed by atoms with Crippen LogP contribution in [0.1, 0.15) is 64.4 Å². The Bertz CT molecular complexity index is 896. The number of amides is 1. The summed E-state index contributed by atoms with van der Waals surface area (Å²) in [6.07, 6.45) is 4.80. The van der Waals surface area contributed by atoms with Gasteiger partial charge < -0.3 is 9.73 Å². The van der Waals surface area contributed by atoms with Gasteiger partial charge in [-0.25, -0.2) is 4.98 Å². The summed E-state index contributed by atoms with van der Waals surface area (Å²) in [5.74, 6) is 1.18. The highest BCUT2D eigenvalue weighted by Crippen LogP contribution is 2.28. The van der Waals surface area contributed by atoms with Crippen molar-refractivity contribution in [2.24, 2.45) is 0 Å². The third-order valence-corrected chi connectivity index (χ3v) is 5.02. The maximum atomic E-state index is 11.9. The Labute approximate surface area is 161 Å². The molecule has 0 spiro atoms. The minimum Gasteiger partial charge on any atom is -0.436 e. The molecule has 1 atom stereocenters. The molecule has 1 heterocycles. The zero-order valence-corrected chi connectivity index (χ0v) is 16.4. The van der Waals surface area contributed by atoms with Crippen LogP contribution in [0.25, 0.3) is 22.6 Å². The van der Waals surface area contributed by atoms with Gasteiger partial charge in [-0.05, 0) is 60.7 Å². The summed E-state index contributed by atoms with van der Waals surface area (Å²) in [6, 6.07) is 13.9. The second-order valence-electron chi connectivity index (χ2n) is 7.14. The molecule has 1 aromatic heterocycles. The zero-order valence-electron chi connectivity index (χ0n) is 16.4. The number of fused-ring (bicyclic) bond motifs is 1. The number of carbonyl (C=O) groups is 1. The number of oxazole rings is 1. The summed E-state index contributed by atoms with van der Waals surface area (Å²) >= 11 is 0. The van der Waals surface area contributed by atoms with Crippen molar-refractivity contribution in [3.63, 3.8) is 0 Å². The Morgan fingerprint density at radius 3 is 2.59 bits per heavy atom. The number of unbranched alkanes of at least 4 members (excludes halogenated alkanes) is 2. The molecule has 0 aliphatic rings. The lowest BCUT2D eigenvalue weighted by molar-refractivity contribution is -0.116. The number of hydrogen-bond acceptors (Lipinski definition) is 3. The lowest BCUT2D eigenvalue weighted by Gasteiger charge is -2.07. The molecule has 4 heteroatoms. The van der Waals surface area contributed by atoms with Gasteiger partial charge in [0.1, 0.15) is 5.52 Å². The molecule has 142 valence electrons. The average Bonchev–Trinajstić information content (AvgIpc) is 3.11. The SMILES string of the molecule is CCCCCC(=O)Nc1ccc(-c2nc3cc(C(C)CC)ccc3o2)cc1. The summed E-state index contributed by atoms with van der Waals surface area (Å²) < 4.78 is 5.91. The van der Waals surface area contributed by atoms with Crippen molar-refractivity contribution >= 4 is 22.7 Å². The molecule has 0 fully saturated rings. The number of nitrogens with zero attached hydrogens (tertiary/aromatic N) is 1. The van der Waals surface area contributed by atoms with Gasteiger partial charge in [-0.3, -0.25) is 4.79 Å². The van der Waals surface area contributed by atoms with E-state index in [1.165, 1.54) is 5.56 Å². The molecular weight excluding hydrogens is 336 g/mol. The van der Waals surface area contributed by atoms with Gasteiger partial charge in [-0.1, -0.05) is 39.7 Å². The number of nitrogens with one attached hydrogen (secondary N) is 1. The molecule has 0 bridgehead atoms. The molecule has 0 saturated heterocycles. The highest BCUT2D eigenvalue weighted by atomic mass is 16.3. The molecule has 0 aliphatic carbocycles. The normalized spacial score (nSPS) is 12.3. The summed E-state index contributed by atoms with van der Waals surface area (Å²) in [6.45, 7) is 6.54. The number of rotatable bonds is 8. The van der Waals surface area contributed by atoms with E-state index in [9.17, 15) is 4.79 Å². The highest BCUT2D eigenvalue weighted by molar-refractivity contribution is 5.91. The second-order valence-corrected chi connectivity index (χ2v) is 7.14. The second kappa shape index (κ2) is 8.85. The van der Waals surface area contributed by atoms with Crippen LogP contribution in [0, 0.1) is 0 Å². The first-order valence-electron chi connectivity index (χ1n) is 9.91. The number of benzene rings is 2. The fourth-order valence-electron chi connectivity index (χ4n) is 3.07. The first-order valence-corrected chi connectivity index (χ1v) is 9.91. The predicted molar refractivity (Wildman–Crippen MR) is 111 cm³/mol. The van der Waals surface area contributed by atoms with Crippen LogP contribution < -0.4 is 5.32 Å². The van der Waals surface area contributed by atoms with Crippen LogP contribution in [0.3, 0.4) is 0 Å². The lowest BCUT2D eigenvalue weighted by atomic mass is 9.98. The molecule has 1 unspecified atom stereocenters. The van der Waals surface area contributed by atoms with E-state index in [0.717, 1.165) is 48.0 Å². The number of hydrogen-bond donors (Lipinski definition) is 1. The Hall–Kier alpha value is -2.62. The van der Waals surface area contributed by atoms with Crippen molar-refractivity contribution in [3.05, 3.63) is 48.0 Å². The van der Waals surface area contributed by atoms with Gasteiger partial charge >= 0.3 is 0 Å². The molecule has 1 N–H and O–H groups in total. The van der Waals surface area contributed by atoms with Crippen LogP contribution >= 0.6 is 0 Å². The molecule has 4 nitrogen and oxygen atoms in total. The molecule has 0 radical (unpaired) electrons. The van der Waals surface area contributed by atoms with Gasteiger partial charge in [0, 0.05) is 17.7 Å². The third kappa shape index (κ3) is 4.76. The Kier molecular flexibility index (Phi) is 6.28.